The molecule has 0 aromatic rings. The summed E-state index contributed by atoms with van der Waals surface area (Å²) in [5, 5.41) is 10.1. The molecule has 4 heteroatoms. The van der Waals surface area contributed by atoms with Crippen LogP contribution in [0.3, 0.4) is 0 Å². The minimum absolute atomic E-state index is 0. The van der Waals surface area contributed by atoms with E-state index in [0.717, 1.165) is 5.75 Å². The van der Waals surface area contributed by atoms with Crippen molar-refractivity contribution in [2.75, 3.05) is 5.75 Å². The fourth-order valence-corrected chi connectivity index (χ4v) is 0.908. The van der Waals surface area contributed by atoms with E-state index < -0.39 is 0 Å². The van der Waals surface area contributed by atoms with Crippen LogP contribution in [0.15, 0.2) is 0 Å². The molecule has 1 nitrogen and oxygen atoms in total. The van der Waals surface area contributed by atoms with Crippen molar-refractivity contribution in [3.63, 3.8) is 0 Å². The molecule has 0 heterocycles. The van der Waals surface area contributed by atoms with E-state index in [-0.39, 0.29) is 33.9 Å². The van der Waals surface area contributed by atoms with Crippen molar-refractivity contribution in [1.82, 2.24) is 0 Å². The van der Waals surface area contributed by atoms with Gasteiger partial charge >= 0.3 is 29.6 Å². The van der Waals surface area contributed by atoms with Gasteiger partial charge in [0.25, 0.3) is 0 Å². The first-order valence-corrected chi connectivity index (χ1v) is 3.86. The maximum absolute atomic E-state index is 10.1. The fourth-order valence-electron chi connectivity index (χ4n) is 0.235. The summed E-state index contributed by atoms with van der Waals surface area (Å²) in [6.07, 6.45) is 0. The Kier molecular flexibility index (Phi) is 10.5. The third-order valence-corrected chi connectivity index (χ3v) is 1.96. The Hall–Kier alpha value is 1.24. The van der Waals surface area contributed by atoms with E-state index in [4.69, 9.17) is 0 Å². The van der Waals surface area contributed by atoms with Gasteiger partial charge in [-0.1, -0.05) is 26.1 Å². The average Bonchev–Trinajstić information content (AvgIpc) is 1.61. The summed E-state index contributed by atoms with van der Waals surface area (Å²) in [7, 11) is 0. The Morgan fingerprint density at radius 3 is 2.22 bits per heavy atom. The van der Waals surface area contributed by atoms with Crippen LogP contribution in [-0.2, 0) is 0 Å². The van der Waals surface area contributed by atoms with Crippen LogP contribution >= 0.6 is 24.0 Å². The molecule has 0 aromatic heterocycles. The predicted octanol–water partition coefficient (Wildman–Crippen LogP) is -1.98. The SMILES string of the molecule is CC(C)CSC([O-])=S.[Na+]. The minimum Gasteiger partial charge on any atom is -0.860 e. The zero-order valence-electron chi connectivity index (χ0n) is 6.01. The standard InChI is InChI=1S/C5H10OS2.Na/c1-4(2)3-8-5(6)7;/h4H,3H2,1-2H3,(H,6,7);/q;+1/p-1. The zero-order chi connectivity index (χ0) is 6.57. The summed E-state index contributed by atoms with van der Waals surface area (Å²) in [4.78, 5) is 0. The van der Waals surface area contributed by atoms with Crippen LogP contribution in [0.25, 0.3) is 0 Å². The number of thioether (sulfide) groups is 1. The predicted molar refractivity (Wildman–Crippen MR) is 39.9 cm³/mol. The van der Waals surface area contributed by atoms with Gasteiger partial charge in [0.1, 0.15) is 0 Å². The second-order valence-electron chi connectivity index (χ2n) is 1.95. The van der Waals surface area contributed by atoms with Gasteiger partial charge in [-0.05, 0) is 16.1 Å². The van der Waals surface area contributed by atoms with Crippen LogP contribution in [0.2, 0.25) is 0 Å². The molecule has 0 atom stereocenters. The molecule has 0 unspecified atom stereocenters. The summed E-state index contributed by atoms with van der Waals surface area (Å²) >= 11 is 5.54. The third-order valence-electron chi connectivity index (χ3n) is 0.535. The van der Waals surface area contributed by atoms with E-state index in [1.807, 2.05) is 0 Å². The first kappa shape index (κ1) is 12.9. The molecule has 0 N–H and O–H groups in total. The van der Waals surface area contributed by atoms with E-state index in [1.54, 1.807) is 0 Å². The second kappa shape index (κ2) is 7.35. The molecule has 0 bridgehead atoms. The van der Waals surface area contributed by atoms with Crippen LogP contribution in [0.1, 0.15) is 13.8 Å². The molecule has 0 fully saturated rings. The third kappa shape index (κ3) is 12.4. The molecule has 48 valence electrons. The minimum atomic E-state index is -0.196. The molecule has 0 amide bonds. The Labute approximate surface area is 87.9 Å². The van der Waals surface area contributed by atoms with Crippen molar-refractivity contribution in [3.8, 4) is 0 Å². The zero-order valence-corrected chi connectivity index (χ0v) is 9.64. The molecule has 0 aliphatic carbocycles. The topological polar surface area (TPSA) is 23.1 Å². The van der Waals surface area contributed by atoms with Crippen LogP contribution in [0.4, 0.5) is 0 Å². The molecule has 0 aliphatic rings. The van der Waals surface area contributed by atoms with Gasteiger partial charge in [-0.25, -0.2) is 0 Å². The van der Waals surface area contributed by atoms with E-state index in [9.17, 15) is 5.11 Å². The van der Waals surface area contributed by atoms with Gasteiger partial charge in [-0.2, -0.15) is 0 Å². The van der Waals surface area contributed by atoms with Crippen molar-refractivity contribution in [2.45, 2.75) is 13.8 Å². The Balaban J connectivity index is 0. The first-order valence-electron chi connectivity index (χ1n) is 2.46. The van der Waals surface area contributed by atoms with Crippen LogP contribution < -0.4 is 34.7 Å². The summed E-state index contributed by atoms with van der Waals surface area (Å²) in [5.74, 6) is 1.41. The summed E-state index contributed by atoms with van der Waals surface area (Å²) in [6.45, 7) is 4.12. The Morgan fingerprint density at radius 1 is 1.67 bits per heavy atom. The van der Waals surface area contributed by atoms with Crippen molar-refractivity contribution in [2.24, 2.45) is 5.92 Å². The smallest absolute Gasteiger partial charge is 0.860 e. The normalized spacial score (nSPS) is 8.78. The average molecular weight is 172 g/mol. The van der Waals surface area contributed by atoms with Crippen molar-refractivity contribution in [1.29, 1.82) is 0 Å². The first-order chi connectivity index (χ1) is 3.63. The van der Waals surface area contributed by atoms with E-state index in [2.05, 4.69) is 26.1 Å². The Bertz CT molecular complexity index is 85.0. The van der Waals surface area contributed by atoms with Crippen LogP contribution in [-0.4, -0.2) is 10.1 Å². The molecular formula is C5H9NaOS2. The summed E-state index contributed by atoms with van der Waals surface area (Å²) < 4.78 is -0.196. The molecule has 0 rings (SSSR count). The van der Waals surface area contributed by atoms with E-state index in [1.165, 1.54) is 11.8 Å². The van der Waals surface area contributed by atoms with E-state index in [0.29, 0.717) is 5.92 Å². The molecule has 0 aliphatic heterocycles. The van der Waals surface area contributed by atoms with Gasteiger partial charge < -0.3 is 5.11 Å². The quantitative estimate of drug-likeness (QED) is 0.356. The van der Waals surface area contributed by atoms with Crippen LogP contribution in [0.5, 0.6) is 0 Å². The maximum atomic E-state index is 10.1. The molecule has 9 heavy (non-hydrogen) atoms. The summed E-state index contributed by atoms with van der Waals surface area (Å²) in [5.41, 5.74) is 0. The van der Waals surface area contributed by atoms with E-state index >= 15 is 0 Å². The van der Waals surface area contributed by atoms with Gasteiger partial charge in [0.2, 0.25) is 0 Å². The van der Waals surface area contributed by atoms with Gasteiger partial charge in [-0.15, -0.1) is 11.8 Å². The molecule has 0 aromatic carbocycles. The van der Waals surface area contributed by atoms with Crippen molar-refractivity contribution in [3.05, 3.63) is 0 Å². The maximum Gasteiger partial charge on any atom is 1.00 e. The number of thiocarbonyl (C=S) groups is 1. The van der Waals surface area contributed by atoms with Gasteiger partial charge in [0.15, 0.2) is 0 Å². The van der Waals surface area contributed by atoms with Gasteiger partial charge in [0.05, 0.1) is 0 Å². The molecule has 0 saturated carbocycles. The Morgan fingerprint density at radius 2 is 2.11 bits per heavy atom. The summed E-state index contributed by atoms with van der Waals surface area (Å²) in [6, 6.07) is 0. The van der Waals surface area contributed by atoms with Gasteiger partial charge in [0, 0.05) is 0 Å². The number of hydrogen-bond donors (Lipinski definition) is 0. The van der Waals surface area contributed by atoms with Crippen molar-refractivity contribution >= 4 is 28.4 Å². The van der Waals surface area contributed by atoms with Crippen LogP contribution in [0, 0.1) is 5.92 Å². The number of hydrogen-bond acceptors (Lipinski definition) is 3. The molecule has 0 saturated heterocycles. The molecule has 0 spiro atoms. The monoisotopic (exact) mass is 172 g/mol. The largest absolute Gasteiger partial charge is 1.00 e. The molecular weight excluding hydrogens is 163 g/mol. The van der Waals surface area contributed by atoms with Gasteiger partial charge in [-0.3, -0.25) is 0 Å². The molecule has 0 radical (unpaired) electrons. The second-order valence-corrected chi connectivity index (χ2v) is 3.58. The number of rotatable bonds is 2. The fraction of sp³-hybridized carbons (Fsp3) is 0.800. The van der Waals surface area contributed by atoms with Crippen molar-refractivity contribution < 1.29 is 34.7 Å².